The number of ether oxygens (including phenoxy) is 3. The van der Waals surface area contributed by atoms with Crippen LogP contribution >= 0.6 is 0 Å². The molecule has 39 heavy (non-hydrogen) atoms. The summed E-state index contributed by atoms with van der Waals surface area (Å²) in [7, 11) is 1.39. The summed E-state index contributed by atoms with van der Waals surface area (Å²) in [5, 5.41) is 2.81. The van der Waals surface area contributed by atoms with Crippen molar-refractivity contribution >= 4 is 11.6 Å². The molecule has 1 saturated heterocycles. The van der Waals surface area contributed by atoms with Crippen molar-refractivity contribution in [3.8, 4) is 28.5 Å². The minimum Gasteiger partial charge on any atom is -0.496 e. The Bertz CT molecular complexity index is 1300. The lowest BCUT2D eigenvalue weighted by molar-refractivity contribution is -0.0502. The van der Waals surface area contributed by atoms with E-state index in [9.17, 15) is 13.6 Å². The molecular weight excluding hydrogens is 506 g/mol. The molecule has 10 heteroatoms. The highest BCUT2D eigenvalue weighted by Crippen LogP contribution is 2.37. The first-order valence-corrected chi connectivity index (χ1v) is 13.7. The Morgan fingerprint density at radius 3 is 2.56 bits per heavy atom. The number of likely N-dealkylation sites (tertiary alicyclic amines) is 1. The number of hydrogen-bond donors (Lipinski definition) is 1. The van der Waals surface area contributed by atoms with Crippen LogP contribution in [0.4, 0.5) is 8.78 Å². The number of fused-ring (bicyclic) bond motifs is 1. The number of methoxy groups -OCH3 is 1. The van der Waals surface area contributed by atoms with E-state index < -0.39 is 12.5 Å². The normalized spacial score (nSPS) is 19.8. The monoisotopic (exact) mass is 542 g/mol. The van der Waals surface area contributed by atoms with Crippen molar-refractivity contribution in [2.75, 3.05) is 20.3 Å². The summed E-state index contributed by atoms with van der Waals surface area (Å²) in [6.45, 7) is 3.12. The van der Waals surface area contributed by atoms with E-state index >= 15 is 0 Å². The van der Waals surface area contributed by atoms with Crippen molar-refractivity contribution in [3.63, 3.8) is 0 Å². The molecule has 0 unspecified atom stereocenters. The molecule has 1 aliphatic carbocycles. The third kappa shape index (κ3) is 6.27. The molecule has 8 nitrogen and oxygen atoms in total. The molecule has 0 bridgehead atoms. The second-order valence-corrected chi connectivity index (χ2v) is 10.5. The lowest BCUT2D eigenvalue weighted by atomic mass is 9.97. The molecule has 0 spiro atoms. The summed E-state index contributed by atoms with van der Waals surface area (Å²) in [5.74, 6) is 0.116. The van der Waals surface area contributed by atoms with E-state index in [1.807, 2.05) is 22.7 Å². The van der Waals surface area contributed by atoms with Gasteiger partial charge in [0.2, 0.25) is 0 Å². The van der Waals surface area contributed by atoms with Gasteiger partial charge in [0.25, 0.3) is 5.91 Å². The standard InChI is InChI=1S/C29H36F2N4O4/c1-18-6-4-7-19(2)34(18)11-5-13-38-22-10-12-35-23(17-32-26(35)16-22)20-14-24(37-3)27(25(15-20)39-29(30)31)28(36)33-21-8-9-21/h10,12,14-19,21,29H,4-9,11,13H2,1-3H3,(H,33,36)/t18-,19+. The van der Waals surface area contributed by atoms with E-state index in [2.05, 4.69) is 29.0 Å². The highest BCUT2D eigenvalue weighted by atomic mass is 19.3. The van der Waals surface area contributed by atoms with Crippen LogP contribution in [-0.2, 0) is 0 Å². The van der Waals surface area contributed by atoms with Gasteiger partial charge in [-0.1, -0.05) is 6.42 Å². The smallest absolute Gasteiger partial charge is 0.387 e. The Hall–Kier alpha value is -3.40. The van der Waals surface area contributed by atoms with E-state index in [0.717, 1.165) is 25.8 Å². The maximum Gasteiger partial charge on any atom is 0.387 e. The third-order valence-electron chi connectivity index (χ3n) is 7.63. The second-order valence-electron chi connectivity index (χ2n) is 10.5. The fourth-order valence-electron chi connectivity index (χ4n) is 5.41. The number of carbonyl (C=O) groups excluding carboxylic acids is 1. The highest BCUT2D eigenvalue weighted by Gasteiger charge is 2.29. The van der Waals surface area contributed by atoms with Crippen molar-refractivity contribution < 1.29 is 27.8 Å². The molecule has 0 radical (unpaired) electrons. The Morgan fingerprint density at radius 2 is 1.87 bits per heavy atom. The number of nitrogens with one attached hydrogen (secondary N) is 1. The predicted octanol–water partition coefficient (Wildman–Crippen LogP) is 5.54. The summed E-state index contributed by atoms with van der Waals surface area (Å²) in [6, 6.07) is 8.04. The molecule has 1 aliphatic heterocycles. The number of carbonyl (C=O) groups is 1. The van der Waals surface area contributed by atoms with Crippen molar-refractivity contribution in [2.24, 2.45) is 0 Å². The molecule has 2 aliphatic rings. The number of nitrogens with zero attached hydrogens (tertiary/aromatic N) is 3. The molecule has 3 heterocycles. The van der Waals surface area contributed by atoms with Gasteiger partial charge in [-0.05, 0) is 64.2 Å². The van der Waals surface area contributed by atoms with Crippen LogP contribution in [0.15, 0.2) is 36.7 Å². The zero-order valence-electron chi connectivity index (χ0n) is 22.7. The highest BCUT2D eigenvalue weighted by molar-refractivity contribution is 6.01. The number of hydrogen-bond acceptors (Lipinski definition) is 6. The summed E-state index contributed by atoms with van der Waals surface area (Å²) < 4.78 is 44.6. The van der Waals surface area contributed by atoms with E-state index in [-0.39, 0.29) is 23.1 Å². The minimum atomic E-state index is -3.10. The quantitative estimate of drug-likeness (QED) is 0.321. The number of alkyl halides is 2. The predicted molar refractivity (Wildman–Crippen MR) is 144 cm³/mol. The first-order valence-electron chi connectivity index (χ1n) is 13.7. The maximum atomic E-state index is 13.3. The van der Waals surface area contributed by atoms with E-state index in [1.54, 1.807) is 12.3 Å². The van der Waals surface area contributed by atoms with Gasteiger partial charge >= 0.3 is 6.61 Å². The van der Waals surface area contributed by atoms with Gasteiger partial charge in [-0.2, -0.15) is 8.78 Å². The maximum absolute atomic E-state index is 13.3. The number of amides is 1. The summed E-state index contributed by atoms with van der Waals surface area (Å²) >= 11 is 0. The van der Waals surface area contributed by atoms with E-state index in [4.69, 9.17) is 14.2 Å². The molecule has 3 aromatic rings. The number of halogens is 2. The molecule has 1 amide bonds. The lowest BCUT2D eigenvalue weighted by Crippen LogP contribution is -2.44. The van der Waals surface area contributed by atoms with Crippen LogP contribution in [0.3, 0.4) is 0 Å². The zero-order valence-corrected chi connectivity index (χ0v) is 22.7. The number of aromatic nitrogens is 2. The van der Waals surface area contributed by atoms with Crippen molar-refractivity contribution in [1.29, 1.82) is 0 Å². The summed E-state index contributed by atoms with van der Waals surface area (Å²) in [6.07, 6.45) is 9.94. The summed E-state index contributed by atoms with van der Waals surface area (Å²) in [5.41, 5.74) is 1.76. The topological polar surface area (TPSA) is 77.3 Å². The van der Waals surface area contributed by atoms with Crippen molar-refractivity contribution in [1.82, 2.24) is 19.6 Å². The average molecular weight is 543 g/mol. The number of rotatable bonds is 11. The third-order valence-corrected chi connectivity index (χ3v) is 7.63. The average Bonchev–Trinajstić information content (AvgIpc) is 3.62. The lowest BCUT2D eigenvalue weighted by Gasteiger charge is -2.39. The van der Waals surface area contributed by atoms with Gasteiger partial charge in [0.15, 0.2) is 0 Å². The first kappa shape index (κ1) is 27.2. The van der Waals surface area contributed by atoms with Crippen molar-refractivity contribution in [2.45, 2.75) is 77.1 Å². The Kier molecular flexibility index (Phi) is 8.20. The van der Waals surface area contributed by atoms with Crippen LogP contribution in [0.1, 0.15) is 62.7 Å². The second kappa shape index (κ2) is 11.8. The Labute approximate surface area is 227 Å². The number of piperidine rings is 1. The van der Waals surface area contributed by atoms with Crippen LogP contribution in [-0.4, -0.2) is 65.2 Å². The molecular formula is C29H36F2N4O4. The fraction of sp³-hybridized carbons (Fsp3) is 0.517. The van der Waals surface area contributed by atoms with Gasteiger partial charge in [-0.3, -0.25) is 14.1 Å². The molecule has 5 rings (SSSR count). The molecule has 2 atom stereocenters. The Balaban J connectivity index is 1.33. The minimum absolute atomic E-state index is 0.0494. The van der Waals surface area contributed by atoms with Gasteiger partial charge in [-0.15, -0.1) is 0 Å². The van der Waals surface area contributed by atoms with Crippen molar-refractivity contribution in [3.05, 3.63) is 42.2 Å². The van der Waals surface area contributed by atoms with Crippen LogP contribution in [0.2, 0.25) is 0 Å². The number of imidazole rings is 1. The van der Waals surface area contributed by atoms with Crippen LogP contribution < -0.4 is 19.5 Å². The van der Waals surface area contributed by atoms with E-state index in [1.165, 1.54) is 32.4 Å². The molecule has 2 fully saturated rings. The molecule has 210 valence electrons. The van der Waals surface area contributed by atoms with Gasteiger partial charge in [0, 0.05) is 42.5 Å². The first-order chi connectivity index (χ1) is 18.8. The van der Waals surface area contributed by atoms with Gasteiger partial charge < -0.3 is 19.5 Å². The van der Waals surface area contributed by atoms with Gasteiger partial charge in [0.05, 0.1) is 25.6 Å². The zero-order chi connectivity index (χ0) is 27.5. The van der Waals surface area contributed by atoms with Crippen LogP contribution in [0, 0.1) is 0 Å². The van der Waals surface area contributed by atoms with Crippen LogP contribution in [0.5, 0.6) is 17.2 Å². The SMILES string of the molecule is COc1cc(-c2cnc3cc(OCCCN4[C@H](C)CCC[C@@H]4C)ccn23)cc(OC(F)F)c1C(=O)NC1CC1. The molecule has 1 N–H and O–H groups in total. The number of pyridine rings is 1. The van der Waals surface area contributed by atoms with Gasteiger partial charge in [0.1, 0.15) is 28.5 Å². The van der Waals surface area contributed by atoms with Gasteiger partial charge in [-0.25, -0.2) is 4.98 Å². The summed E-state index contributed by atoms with van der Waals surface area (Å²) in [4.78, 5) is 19.9. The fourth-order valence-corrected chi connectivity index (χ4v) is 5.41. The van der Waals surface area contributed by atoms with Crippen LogP contribution in [0.25, 0.3) is 16.9 Å². The molecule has 2 aromatic heterocycles. The molecule has 1 saturated carbocycles. The molecule has 1 aromatic carbocycles. The van der Waals surface area contributed by atoms with E-state index in [0.29, 0.717) is 41.3 Å². The number of benzene rings is 1. The Morgan fingerprint density at radius 1 is 1.13 bits per heavy atom. The largest absolute Gasteiger partial charge is 0.496 e.